The number of thiophene rings is 1. The lowest BCUT2D eigenvalue weighted by Gasteiger charge is -1.89. The third kappa shape index (κ3) is 1.29. The van der Waals surface area contributed by atoms with Crippen molar-refractivity contribution < 1.29 is 9.52 Å². The molecule has 0 aliphatic rings. The average molecular weight is 180 g/mol. The molecule has 0 radical (unpaired) electrons. The molecule has 1 N–H and O–H groups in total. The second-order valence-corrected chi connectivity index (χ2v) is 3.35. The molecule has 12 heavy (non-hydrogen) atoms. The largest absolute Gasteiger partial charge is 0.458 e. The molecule has 0 aliphatic heterocycles. The van der Waals surface area contributed by atoms with Crippen molar-refractivity contribution in [3.05, 3.63) is 35.4 Å². The van der Waals surface area contributed by atoms with Crippen LogP contribution in [0.25, 0.3) is 10.6 Å². The van der Waals surface area contributed by atoms with Gasteiger partial charge in [-0.15, -0.1) is 11.3 Å². The van der Waals surface area contributed by atoms with Gasteiger partial charge in [-0.25, -0.2) is 0 Å². The standard InChI is InChI=1S/C9H8O2S/c10-6-7-3-4-8(11-7)9-2-1-5-12-9/h1-5,10H,6H2. The Hall–Kier alpha value is -1.06. The number of rotatable bonds is 2. The Morgan fingerprint density at radius 1 is 1.33 bits per heavy atom. The minimum Gasteiger partial charge on any atom is -0.458 e. The Bertz CT molecular complexity index is 348. The van der Waals surface area contributed by atoms with E-state index < -0.39 is 0 Å². The highest BCUT2D eigenvalue weighted by atomic mass is 32.1. The maximum Gasteiger partial charge on any atom is 0.144 e. The summed E-state index contributed by atoms with van der Waals surface area (Å²) in [6.45, 7) is -0.0363. The lowest BCUT2D eigenvalue weighted by atomic mass is 10.4. The van der Waals surface area contributed by atoms with Gasteiger partial charge in [0.25, 0.3) is 0 Å². The van der Waals surface area contributed by atoms with Gasteiger partial charge in [0.15, 0.2) is 0 Å². The molecule has 2 aromatic heterocycles. The van der Waals surface area contributed by atoms with E-state index in [4.69, 9.17) is 9.52 Å². The van der Waals surface area contributed by atoms with Crippen LogP contribution in [-0.2, 0) is 6.61 Å². The maximum absolute atomic E-state index is 8.76. The Morgan fingerprint density at radius 3 is 2.83 bits per heavy atom. The van der Waals surface area contributed by atoms with E-state index in [1.165, 1.54) is 0 Å². The van der Waals surface area contributed by atoms with Crippen molar-refractivity contribution in [1.29, 1.82) is 0 Å². The molecule has 0 bridgehead atoms. The molecular weight excluding hydrogens is 172 g/mol. The molecular formula is C9H8O2S. The smallest absolute Gasteiger partial charge is 0.144 e. The normalized spacial score (nSPS) is 10.4. The SMILES string of the molecule is OCc1ccc(-c2cccs2)o1. The Kier molecular flexibility index (Phi) is 1.98. The van der Waals surface area contributed by atoms with E-state index in [1.54, 1.807) is 17.4 Å². The van der Waals surface area contributed by atoms with Gasteiger partial charge in [0.2, 0.25) is 0 Å². The summed E-state index contributed by atoms with van der Waals surface area (Å²) >= 11 is 1.62. The van der Waals surface area contributed by atoms with Crippen LogP contribution in [0.5, 0.6) is 0 Å². The van der Waals surface area contributed by atoms with Crippen molar-refractivity contribution in [3.63, 3.8) is 0 Å². The summed E-state index contributed by atoms with van der Waals surface area (Å²) in [7, 11) is 0. The predicted molar refractivity (Wildman–Crippen MR) is 47.9 cm³/mol. The second-order valence-electron chi connectivity index (χ2n) is 2.40. The van der Waals surface area contributed by atoms with Gasteiger partial charge >= 0.3 is 0 Å². The Balaban J connectivity index is 2.35. The lowest BCUT2D eigenvalue weighted by molar-refractivity contribution is 0.249. The fourth-order valence-electron chi connectivity index (χ4n) is 1.01. The van der Waals surface area contributed by atoms with Gasteiger partial charge in [0, 0.05) is 0 Å². The van der Waals surface area contributed by atoms with E-state index >= 15 is 0 Å². The first kappa shape index (κ1) is 7.58. The van der Waals surface area contributed by atoms with Crippen LogP contribution in [0.3, 0.4) is 0 Å². The molecule has 0 atom stereocenters. The van der Waals surface area contributed by atoms with Crippen LogP contribution in [-0.4, -0.2) is 5.11 Å². The fraction of sp³-hybridized carbons (Fsp3) is 0.111. The van der Waals surface area contributed by atoms with Crippen LogP contribution in [0.15, 0.2) is 34.1 Å². The molecule has 0 aromatic carbocycles. The van der Waals surface area contributed by atoms with Crippen molar-refractivity contribution in [3.8, 4) is 10.6 Å². The van der Waals surface area contributed by atoms with Gasteiger partial charge in [0.1, 0.15) is 18.1 Å². The summed E-state index contributed by atoms with van der Waals surface area (Å²) in [5.74, 6) is 1.44. The van der Waals surface area contributed by atoms with Gasteiger partial charge in [-0.3, -0.25) is 0 Å². The summed E-state index contributed by atoms with van der Waals surface area (Å²) in [5, 5.41) is 10.8. The first-order valence-corrected chi connectivity index (χ1v) is 4.51. The lowest BCUT2D eigenvalue weighted by Crippen LogP contribution is -1.73. The van der Waals surface area contributed by atoms with Crippen LogP contribution < -0.4 is 0 Å². The summed E-state index contributed by atoms with van der Waals surface area (Å²) in [6.07, 6.45) is 0. The van der Waals surface area contributed by atoms with Crippen LogP contribution in [0.4, 0.5) is 0 Å². The summed E-state index contributed by atoms with van der Waals surface area (Å²) < 4.78 is 5.34. The second kappa shape index (κ2) is 3.13. The maximum atomic E-state index is 8.76. The molecule has 2 rings (SSSR count). The number of furan rings is 1. The van der Waals surface area contributed by atoms with Gasteiger partial charge in [-0.1, -0.05) is 6.07 Å². The summed E-state index contributed by atoms with van der Waals surface area (Å²) in [4.78, 5) is 1.09. The van der Waals surface area contributed by atoms with Crippen molar-refractivity contribution in [2.45, 2.75) is 6.61 Å². The van der Waals surface area contributed by atoms with Crippen LogP contribution in [0.1, 0.15) is 5.76 Å². The number of aliphatic hydroxyl groups excluding tert-OH is 1. The zero-order chi connectivity index (χ0) is 8.39. The van der Waals surface area contributed by atoms with E-state index in [2.05, 4.69) is 0 Å². The third-order valence-electron chi connectivity index (χ3n) is 1.58. The molecule has 2 nitrogen and oxygen atoms in total. The number of hydrogen-bond donors (Lipinski definition) is 1. The number of hydrogen-bond acceptors (Lipinski definition) is 3. The molecule has 3 heteroatoms. The average Bonchev–Trinajstić information content (AvgIpc) is 2.75. The molecule has 2 aromatic rings. The van der Waals surface area contributed by atoms with Crippen molar-refractivity contribution in [2.75, 3.05) is 0 Å². The fourth-order valence-corrected chi connectivity index (χ4v) is 1.70. The first-order valence-electron chi connectivity index (χ1n) is 3.63. The van der Waals surface area contributed by atoms with Crippen molar-refractivity contribution >= 4 is 11.3 Å². The molecule has 0 aliphatic carbocycles. The monoisotopic (exact) mass is 180 g/mol. The van der Waals surface area contributed by atoms with Gasteiger partial charge in [-0.05, 0) is 23.6 Å². The first-order chi connectivity index (χ1) is 5.90. The minimum absolute atomic E-state index is 0.0363. The highest BCUT2D eigenvalue weighted by molar-refractivity contribution is 7.13. The molecule has 62 valence electrons. The van der Waals surface area contributed by atoms with Gasteiger partial charge in [-0.2, -0.15) is 0 Å². The topological polar surface area (TPSA) is 33.4 Å². The zero-order valence-electron chi connectivity index (χ0n) is 6.36. The molecule has 2 heterocycles. The van der Waals surface area contributed by atoms with E-state index in [1.807, 2.05) is 23.6 Å². The molecule has 0 unspecified atom stereocenters. The molecule has 0 saturated heterocycles. The summed E-state index contributed by atoms with van der Waals surface area (Å²) in [5.41, 5.74) is 0. The minimum atomic E-state index is -0.0363. The van der Waals surface area contributed by atoms with Crippen LogP contribution in [0.2, 0.25) is 0 Å². The quantitative estimate of drug-likeness (QED) is 0.770. The predicted octanol–water partition coefficient (Wildman–Crippen LogP) is 2.50. The highest BCUT2D eigenvalue weighted by Gasteiger charge is 2.03. The van der Waals surface area contributed by atoms with E-state index in [0.717, 1.165) is 10.6 Å². The molecule has 0 saturated carbocycles. The number of aliphatic hydroxyl groups is 1. The van der Waals surface area contributed by atoms with Crippen molar-refractivity contribution in [2.24, 2.45) is 0 Å². The highest BCUT2D eigenvalue weighted by Crippen LogP contribution is 2.26. The molecule has 0 fully saturated rings. The third-order valence-corrected chi connectivity index (χ3v) is 2.47. The van der Waals surface area contributed by atoms with E-state index in [9.17, 15) is 0 Å². The van der Waals surface area contributed by atoms with Crippen LogP contribution in [0, 0.1) is 0 Å². The molecule has 0 spiro atoms. The zero-order valence-corrected chi connectivity index (χ0v) is 7.17. The molecule has 0 amide bonds. The Morgan fingerprint density at radius 2 is 2.25 bits per heavy atom. The Labute approximate surface area is 74.1 Å². The van der Waals surface area contributed by atoms with Gasteiger partial charge in [0.05, 0.1) is 4.88 Å². The summed E-state index contributed by atoms with van der Waals surface area (Å²) in [6, 6.07) is 7.62. The van der Waals surface area contributed by atoms with Crippen LogP contribution >= 0.6 is 11.3 Å². The van der Waals surface area contributed by atoms with E-state index in [0.29, 0.717) is 5.76 Å². The van der Waals surface area contributed by atoms with Gasteiger partial charge < -0.3 is 9.52 Å². The van der Waals surface area contributed by atoms with Crippen molar-refractivity contribution in [1.82, 2.24) is 0 Å². The van der Waals surface area contributed by atoms with E-state index in [-0.39, 0.29) is 6.61 Å².